The molecule has 7 heteroatoms. The molecule has 2 aromatic carbocycles. The zero-order chi connectivity index (χ0) is 20.9. The molecule has 158 valence electrons. The molecule has 0 amide bonds. The SMILES string of the molecule is COCCn1nnnc1C(c1ccccc1)N1CCN(c2cccc(C)c2C)CC1. The Labute approximate surface area is 178 Å². The van der Waals surface area contributed by atoms with Crippen LogP contribution in [0.15, 0.2) is 48.5 Å². The Bertz CT molecular complexity index is 949. The first kappa shape index (κ1) is 20.5. The highest BCUT2D eigenvalue weighted by Gasteiger charge is 2.30. The lowest BCUT2D eigenvalue weighted by Crippen LogP contribution is -2.48. The van der Waals surface area contributed by atoms with Crippen LogP contribution < -0.4 is 4.90 Å². The molecule has 0 N–H and O–H groups in total. The van der Waals surface area contributed by atoms with E-state index >= 15 is 0 Å². The van der Waals surface area contributed by atoms with E-state index in [0.717, 1.165) is 32.0 Å². The summed E-state index contributed by atoms with van der Waals surface area (Å²) in [7, 11) is 1.70. The van der Waals surface area contributed by atoms with Gasteiger partial charge in [0.05, 0.1) is 19.2 Å². The first-order valence-electron chi connectivity index (χ1n) is 10.5. The minimum absolute atomic E-state index is 0.0267. The third kappa shape index (κ3) is 4.22. The van der Waals surface area contributed by atoms with Crippen LogP contribution in [0.3, 0.4) is 0 Å². The van der Waals surface area contributed by atoms with Gasteiger partial charge in [-0.25, -0.2) is 4.68 Å². The summed E-state index contributed by atoms with van der Waals surface area (Å²) in [4.78, 5) is 4.99. The number of aromatic nitrogens is 4. The predicted octanol–water partition coefficient (Wildman–Crippen LogP) is 2.85. The lowest BCUT2D eigenvalue weighted by molar-refractivity contribution is 0.171. The van der Waals surface area contributed by atoms with Gasteiger partial charge in [-0.3, -0.25) is 4.90 Å². The molecule has 1 aliphatic heterocycles. The monoisotopic (exact) mass is 406 g/mol. The maximum absolute atomic E-state index is 5.25. The van der Waals surface area contributed by atoms with Crippen molar-refractivity contribution in [3.8, 4) is 0 Å². The fourth-order valence-corrected chi connectivity index (χ4v) is 4.20. The van der Waals surface area contributed by atoms with E-state index in [4.69, 9.17) is 4.74 Å². The minimum atomic E-state index is 0.0267. The smallest absolute Gasteiger partial charge is 0.173 e. The van der Waals surface area contributed by atoms with Crippen LogP contribution in [-0.4, -0.2) is 65.0 Å². The number of rotatable bonds is 7. The van der Waals surface area contributed by atoms with Crippen LogP contribution >= 0.6 is 0 Å². The van der Waals surface area contributed by atoms with Gasteiger partial charge in [0.2, 0.25) is 0 Å². The van der Waals surface area contributed by atoms with Crippen molar-refractivity contribution in [1.29, 1.82) is 0 Å². The van der Waals surface area contributed by atoms with Gasteiger partial charge in [0.15, 0.2) is 5.82 Å². The maximum Gasteiger partial charge on any atom is 0.173 e. The van der Waals surface area contributed by atoms with Gasteiger partial charge in [-0.2, -0.15) is 0 Å². The molecule has 0 saturated carbocycles. The van der Waals surface area contributed by atoms with Crippen molar-refractivity contribution >= 4 is 5.69 Å². The normalized spacial score (nSPS) is 16.0. The van der Waals surface area contributed by atoms with Crippen molar-refractivity contribution < 1.29 is 4.74 Å². The van der Waals surface area contributed by atoms with E-state index in [1.807, 2.05) is 10.7 Å². The van der Waals surface area contributed by atoms with Gasteiger partial charge in [-0.1, -0.05) is 42.5 Å². The summed E-state index contributed by atoms with van der Waals surface area (Å²) in [6.45, 7) is 9.48. The fraction of sp³-hybridized carbons (Fsp3) is 0.435. The number of benzene rings is 2. The third-order valence-electron chi connectivity index (χ3n) is 6.02. The van der Waals surface area contributed by atoms with Crippen LogP contribution in [0.25, 0.3) is 0 Å². The maximum atomic E-state index is 5.25. The third-order valence-corrected chi connectivity index (χ3v) is 6.02. The minimum Gasteiger partial charge on any atom is -0.383 e. The zero-order valence-electron chi connectivity index (χ0n) is 18.0. The molecule has 30 heavy (non-hydrogen) atoms. The van der Waals surface area contributed by atoms with Gasteiger partial charge in [-0.05, 0) is 47.0 Å². The van der Waals surface area contributed by atoms with Gasteiger partial charge >= 0.3 is 0 Å². The van der Waals surface area contributed by atoms with Crippen LogP contribution in [0.4, 0.5) is 5.69 Å². The summed E-state index contributed by atoms with van der Waals surface area (Å²) in [5, 5.41) is 12.6. The molecule has 1 aliphatic rings. The van der Waals surface area contributed by atoms with E-state index in [2.05, 4.69) is 81.6 Å². The van der Waals surface area contributed by atoms with Crippen molar-refractivity contribution in [2.45, 2.75) is 26.4 Å². The summed E-state index contributed by atoms with van der Waals surface area (Å²) in [6.07, 6.45) is 0. The number of ether oxygens (including phenoxy) is 1. The number of tetrazole rings is 1. The van der Waals surface area contributed by atoms with Crippen molar-refractivity contribution in [2.75, 3.05) is 44.8 Å². The van der Waals surface area contributed by atoms with Crippen molar-refractivity contribution in [2.24, 2.45) is 0 Å². The van der Waals surface area contributed by atoms with Crippen molar-refractivity contribution in [3.05, 3.63) is 71.0 Å². The number of anilines is 1. The number of hydrogen-bond donors (Lipinski definition) is 0. The van der Waals surface area contributed by atoms with E-state index in [1.54, 1.807) is 7.11 Å². The Morgan fingerprint density at radius 3 is 2.47 bits per heavy atom. The molecule has 0 spiro atoms. The van der Waals surface area contributed by atoms with Gasteiger partial charge < -0.3 is 9.64 Å². The van der Waals surface area contributed by atoms with E-state index in [-0.39, 0.29) is 6.04 Å². The summed E-state index contributed by atoms with van der Waals surface area (Å²) < 4.78 is 7.12. The number of aryl methyl sites for hydroxylation is 1. The van der Waals surface area contributed by atoms with Gasteiger partial charge in [-0.15, -0.1) is 5.10 Å². The van der Waals surface area contributed by atoms with Crippen LogP contribution in [-0.2, 0) is 11.3 Å². The highest BCUT2D eigenvalue weighted by molar-refractivity contribution is 5.56. The highest BCUT2D eigenvalue weighted by atomic mass is 16.5. The zero-order valence-corrected chi connectivity index (χ0v) is 18.0. The second-order valence-electron chi connectivity index (χ2n) is 7.81. The molecule has 0 radical (unpaired) electrons. The van der Waals surface area contributed by atoms with E-state index in [0.29, 0.717) is 13.2 Å². The van der Waals surface area contributed by atoms with Crippen LogP contribution in [0.1, 0.15) is 28.6 Å². The van der Waals surface area contributed by atoms with Gasteiger partial charge in [0, 0.05) is 39.0 Å². The van der Waals surface area contributed by atoms with Crippen LogP contribution in [0, 0.1) is 13.8 Å². The standard InChI is InChI=1S/C23H30N6O/c1-18-8-7-11-21(19(18)2)27-12-14-28(15-13-27)22(20-9-5-4-6-10-20)23-24-25-26-29(23)16-17-30-3/h4-11,22H,12-17H2,1-3H3. The molecule has 0 aliphatic carbocycles. The first-order valence-corrected chi connectivity index (χ1v) is 10.5. The molecule has 3 aromatic rings. The Hall–Kier alpha value is -2.77. The second-order valence-corrected chi connectivity index (χ2v) is 7.81. The number of methoxy groups -OCH3 is 1. The highest BCUT2D eigenvalue weighted by Crippen LogP contribution is 2.30. The topological polar surface area (TPSA) is 59.3 Å². The Balaban J connectivity index is 1.57. The number of hydrogen-bond acceptors (Lipinski definition) is 6. The van der Waals surface area contributed by atoms with Gasteiger partial charge in [0.25, 0.3) is 0 Å². The lowest BCUT2D eigenvalue weighted by Gasteiger charge is -2.40. The quantitative estimate of drug-likeness (QED) is 0.601. The first-order chi connectivity index (χ1) is 14.7. The summed E-state index contributed by atoms with van der Waals surface area (Å²) >= 11 is 0. The summed E-state index contributed by atoms with van der Waals surface area (Å²) in [5.41, 5.74) is 5.27. The molecule has 4 rings (SSSR count). The molecule has 0 bridgehead atoms. The lowest BCUT2D eigenvalue weighted by atomic mass is 10.0. The molecule has 7 nitrogen and oxygen atoms in total. The Morgan fingerprint density at radius 1 is 0.967 bits per heavy atom. The summed E-state index contributed by atoms with van der Waals surface area (Å²) in [5.74, 6) is 0.874. The summed E-state index contributed by atoms with van der Waals surface area (Å²) in [6, 6.07) is 17.1. The molecule has 1 atom stereocenters. The Morgan fingerprint density at radius 2 is 1.73 bits per heavy atom. The molecular formula is C23H30N6O. The van der Waals surface area contributed by atoms with E-state index in [1.165, 1.54) is 22.4 Å². The fourth-order valence-electron chi connectivity index (χ4n) is 4.20. The predicted molar refractivity (Wildman–Crippen MR) is 118 cm³/mol. The van der Waals surface area contributed by atoms with Crippen LogP contribution in [0.5, 0.6) is 0 Å². The average Bonchev–Trinajstić information content (AvgIpc) is 3.24. The molecular weight excluding hydrogens is 376 g/mol. The van der Waals surface area contributed by atoms with Crippen LogP contribution in [0.2, 0.25) is 0 Å². The van der Waals surface area contributed by atoms with Crippen molar-refractivity contribution in [1.82, 2.24) is 25.1 Å². The second kappa shape index (κ2) is 9.36. The van der Waals surface area contributed by atoms with E-state index in [9.17, 15) is 0 Å². The van der Waals surface area contributed by atoms with Gasteiger partial charge in [0.1, 0.15) is 0 Å². The Kier molecular flexibility index (Phi) is 6.40. The largest absolute Gasteiger partial charge is 0.383 e. The molecule has 1 saturated heterocycles. The van der Waals surface area contributed by atoms with E-state index < -0.39 is 0 Å². The average molecular weight is 407 g/mol. The molecule has 2 heterocycles. The van der Waals surface area contributed by atoms with Crippen molar-refractivity contribution in [3.63, 3.8) is 0 Å². The molecule has 1 unspecified atom stereocenters. The molecule has 1 fully saturated rings. The number of piperazine rings is 1. The molecule has 1 aromatic heterocycles. The number of nitrogens with zero attached hydrogens (tertiary/aromatic N) is 6.